The molecule has 2 rings (SSSR count). The van der Waals surface area contributed by atoms with Gasteiger partial charge in [0.2, 0.25) is 0 Å². The second-order valence-electron chi connectivity index (χ2n) is 4.42. The highest BCUT2D eigenvalue weighted by Gasteiger charge is 2.18. The van der Waals surface area contributed by atoms with Crippen molar-refractivity contribution in [3.63, 3.8) is 0 Å². The molecule has 0 bridgehead atoms. The van der Waals surface area contributed by atoms with Crippen molar-refractivity contribution in [1.29, 1.82) is 0 Å². The van der Waals surface area contributed by atoms with Crippen LogP contribution in [0.5, 0.6) is 5.75 Å². The maximum absolute atomic E-state index is 6.04. The maximum Gasteiger partial charge on any atom is 0.136 e. The molecular formula is C13H17BrO. The number of hydrogen-bond donors (Lipinski definition) is 0. The van der Waals surface area contributed by atoms with E-state index in [1.807, 2.05) is 0 Å². The Morgan fingerprint density at radius 2 is 1.87 bits per heavy atom. The first kappa shape index (κ1) is 11.0. The Morgan fingerprint density at radius 3 is 2.47 bits per heavy atom. The summed E-state index contributed by atoms with van der Waals surface area (Å²) in [6.07, 6.45) is 5.47. The molecule has 82 valence electrons. The summed E-state index contributed by atoms with van der Waals surface area (Å²) in [5, 5.41) is 0. The third-order valence-corrected chi connectivity index (χ3v) is 3.55. The van der Waals surface area contributed by atoms with Gasteiger partial charge in [0.1, 0.15) is 5.75 Å². The van der Waals surface area contributed by atoms with E-state index in [-0.39, 0.29) is 0 Å². The smallest absolute Gasteiger partial charge is 0.136 e. The first-order chi connectivity index (χ1) is 7.16. The Balaban J connectivity index is 2.19. The van der Waals surface area contributed by atoms with E-state index in [9.17, 15) is 0 Å². The second kappa shape index (κ2) is 4.56. The van der Waals surface area contributed by atoms with Crippen molar-refractivity contribution in [3.05, 3.63) is 27.7 Å². The van der Waals surface area contributed by atoms with Gasteiger partial charge in [0.25, 0.3) is 0 Å². The van der Waals surface area contributed by atoms with E-state index in [0.717, 1.165) is 10.2 Å². The molecule has 0 N–H and O–H groups in total. The van der Waals surface area contributed by atoms with Gasteiger partial charge in [-0.25, -0.2) is 0 Å². The number of hydrogen-bond acceptors (Lipinski definition) is 1. The molecule has 1 aromatic carbocycles. The lowest BCUT2D eigenvalue weighted by atomic mass is 10.1. The summed E-state index contributed by atoms with van der Waals surface area (Å²) in [6.45, 7) is 4.22. The van der Waals surface area contributed by atoms with Crippen molar-refractivity contribution in [2.75, 3.05) is 0 Å². The molecule has 0 spiro atoms. The van der Waals surface area contributed by atoms with Gasteiger partial charge in [-0.2, -0.15) is 0 Å². The van der Waals surface area contributed by atoms with Crippen LogP contribution < -0.4 is 4.74 Å². The first-order valence-corrected chi connectivity index (χ1v) is 6.39. The van der Waals surface area contributed by atoms with Gasteiger partial charge in [-0.1, -0.05) is 6.07 Å². The van der Waals surface area contributed by atoms with Crippen LogP contribution in [0.15, 0.2) is 16.6 Å². The fraction of sp³-hybridized carbons (Fsp3) is 0.538. The molecule has 15 heavy (non-hydrogen) atoms. The van der Waals surface area contributed by atoms with Gasteiger partial charge in [0, 0.05) is 0 Å². The normalized spacial score (nSPS) is 17.0. The minimum atomic E-state index is 0.433. The molecule has 0 aliphatic heterocycles. The van der Waals surface area contributed by atoms with Crippen molar-refractivity contribution in [2.45, 2.75) is 45.6 Å². The van der Waals surface area contributed by atoms with E-state index in [1.54, 1.807) is 0 Å². The number of halogens is 1. The fourth-order valence-electron chi connectivity index (χ4n) is 2.22. The SMILES string of the molecule is Cc1cc(C)c(OC2CCCC2)c(Br)c1. The van der Waals surface area contributed by atoms with Crippen molar-refractivity contribution in [3.8, 4) is 5.75 Å². The molecule has 0 aromatic heterocycles. The van der Waals surface area contributed by atoms with E-state index >= 15 is 0 Å². The van der Waals surface area contributed by atoms with Gasteiger partial charge in [0.15, 0.2) is 0 Å². The molecule has 0 unspecified atom stereocenters. The van der Waals surface area contributed by atoms with Crippen molar-refractivity contribution in [1.82, 2.24) is 0 Å². The molecular weight excluding hydrogens is 252 g/mol. The number of benzene rings is 1. The van der Waals surface area contributed by atoms with Crippen LogP contribution in [0.1, 0.15) is 36.8 Å². The lowest BCUT2D eigenvalue weighted by molar-refractivity contribution is 0.207. The topological polar surface area (TPSA) is 9.23 Å². The Kier molecular flexibility index (Phi) is 3.35. The lowest BCUT2D eigenvalue weighted by Gasteiger charge is -2.17. The van der Waals surface area contributed by atoms with Gasteiger partial charge in [0.05, 0.1) is 10.6 Å². The van der Waals surface area contributed by atoms with Crippen molar-refractivity contribution >= 4 is 15.9 Å². The average Bonchev–Trinajstić information content (AvgIpc) is 2.63. The standard InChI is InChI=1S/C13H17BrO/c1-9-7-10(2)13(12(14)8-9)15-11-5-3-4-6-11/h7-8,11H,3-6H2,1-2H3. The summed E-state index contributed by atoms with van der Waals surface area (Å²) < 4.78 is 7.13. The van der Waals surface area contributed by atoms with Crippen molar-refractivity contribution < 1.29 is 4.74 Å². The molecule has 1 nitrogen and oxygen atoms in total. The quantitative estimate of drug-likeness (QED) is 0.773. The van der Waals surface area contributed by atoms with Crippen LogP contribution >= 0.6 is 15.9 Å². The van der Waals surface area contributed by atoms with Gasteiger partial charge in [-0.05, 0) is 72.7 Å². The Bertz CT molecular complexity index is 331. The van der Waals surface area contributed by atoms with Crippen LogP contribution in [0.2, 0.25) is 0 Å². The Labute approximate surface area is 100.0 Å². The summed E-state index contributed by atoms with van der Waals surface area (Å²) in [6, 6.07) is 4.30. The third kappa shape index (κ3) is 2.54. The molecule has 0 saturated heterocycles. The zero-order chi connectivity index (χ0) is 10.8. The van der Waals surface area contributed by atoms with Crippen LogP contribution in [-0.4, -0.2) is 6.10 Å². The van der Waals surface area contributed by atoms with Gasteiger partial charge in [-0.15, -0.1) is 0 Å². The minimum absolute atomic E-state index is 0.433. The van der Waals surface area contributed by atoms with Gasteiger partial charge < -0.3 is 4.74 Å². The summed E-state index contributed by atoms with van der Waals surface area (Å²) in [5.74, 6) is 1.03. The molecule has 0 radical (unpaired) electrons. The van der Waals surface area contributed by atoms with Crippen LogP contribution in [-0.2, 0) is 0 Å². The average molecular weight is 269 g/mol. The monoisotopic (exact) mass is 268 g/mol. The predicted octanol–water partition coefficient (Wildman–Crippen LogP) is 4.39. The third-order valence-electron chi connectivity index (χ3n) is 2.96. The molecule has 0 heterocycles. The number of rotatable bonds is 2. The van der Waals surface area contributed by atoms with E-state index < -0.39 is 0 Å². The lowest BCUT2D eigenvalue weighted by Crippen LogP contribution is -2.12. The number of ether oxygens (including phenoxy) is 1. The zero-order valence-electron chi connectivity index (χ0n) is 9.35. The van der Waals surface area contributed by atoms with Gasteiger partial charge >= 0.3 is 0 Å². The molecule has 2 heteroatoms. The highest BCUT2D eigenvalue weighted by Crippen LogP contribution is 2.33. The fourth-order valence-corrected chi connectivity index (χ4v) is 2.99. The molecule has 1 aromatic rings. The van der Waals surface area contributed by atoms with Crippen LogP contribution in [0.4, 0.5) is 0 Å². The molecule has 1 aliphatic rings. The summed E-state index contributed by atoms with van der Waals surface area (Å²) >= 11 is 3.58. The van der Waals surface area contributed by atoms with Gasteiger partial charge in [-0.3, -0.25) is 0 Å². The van der Waals surface area contributed by atoms with E-state index in [1.165, 1.54) is 36.8 Å². The van der Waals surface area contributed by atoms with Crippen LogP contribution in [0.3, 0.4) is 0 Å². The first-order valence-electron chi connectivity index (χ1n) is 5.60. The summed E-state index contributed by atoms with van der Waals surface area (Å²) in [5.41, 5.74) is 2.51. The minimum Gasteiger partial charge on any atom is -0.489 e. The molecule has 1 aliphatic carbocycles. The van der Waals surface area contributed by atoms with Crippen LogP contribution in [0, 0.1) is 13.8 Å². The Morgan fingerprint density at radius 1 is 1.20 bits per heavy atom. The van der Waals surface area contributed by atoms with E-state index in [2.05, 4.69) is 41.9 Å². The second-order valence-corrected chi connectivity index (χ2v) is 5.27. The molecule has 1 fully saturated rings. The molecule has 0 amide bonds. The summed E-state index contributed by atoms with van der Waals surface area (Å²) in [4.78, 5) is 0. The highest BCUT2D eigenvalue weighted by atomic mass is 79.9. The van der Waals surface area contributed by atoms with E-state index in [4.69, 9.17) is 4.74 Å². The molecule has 1 saturated carbocycles. The van der Waals surface area contributed by atoms with Crippen LogP contribution in [0.25, 0.3) is 0 Å². The zero-order valence-corrected chi connectivity index (χ0v) is 10.9. The predicted molar refractivity (Wildman–Crippen MR) is 66.5 cm³/mol. The highest BCUT2D eigenvalue weighted by molar-refractivity contribution is 9.10. The summed E-state index contributed by atoms with van der Waals surface area (Å²) in [7, 11) is 0. The Hall–Kier alpha value is -0.500. The number of aryl methyl sites for hydroxylation is 2. The van der Waals surface area contributed by atoms with Crippen molar-refractivity contribution in [2.24, 2.45) is 0 Å². The van der Waals surface area contributed by atoms with E-state index in [0.29, 0.717) is 6.10 Å². The largest absolute Gasteiger partial charge is 0.489 e. The molecule has 0 atom stereocenters. The maximum atomic E-state index is 6.04.